The summed E-state index contributed by atoms with van der Waals surface area (Å²) >= 11 is 3.52. The third kappa shape index (κ3) is 2.31. The van der Waals surface area contributed by atoms with E-state index in [0.29, 0.717) is 0 Å². The second-order valence-electron chi connectivity index (χ2n) is 5.59. The maximum absolute atomic E-state index is 4.86. The van der Waals surface area contributed by atoms with Crippen molar-refractivity contribution in [3.8, 4) is 21.1 Å². The number of hydrogen-bond acceptors (Lipinski definition) is 4. The average Bonchev–Trinajstić information content (AvgIpc) is 3.26. The standard InChI is InChI=1S/C20H12N2S2/c1-3-7-17-13(5-1)9-19(23-17)15-11-21-12-16(22-15)20-10-14-6-2-4-8-18(14)24-20/h1-12H. The molecule has 0 aliphatic heterocycles. The zero-order valence-electron chi connectivity index (χ0n) is 12.6. The fourth-order valence-electron chi connectivity index (χ4n) is 2.82. The van der Waals surface area contributed by atoms with Gasteiger partial charge in [0.15, 0.2) is 0 Å². The molecule has 0 N–H and O–H groups in total. The van der Waals surface area contributed by atoms with E-state index < -0.39 is 0 Å². The SMILES string of the molecule is c1ccc2sc(-c3cncc(-c4cc5ccccc5s4)n3)cc2c1. The minimum Gasteiger partial charge on any atom is -0.260 e. The van der Waals surface area contributed by atoms with Crippen LogP contribution >= 0.6 is 22.7 Å². The third-order valence-electron chi connectivity index (χ3n) is 3.99. The molecule has 0 bridgehead atoms. The van der Waals surface area contributed by atoms with Crippen molar-refractivity contribution >= 4 is 42.8 Å². The van der Waals surface area contributed by atoms with Gasteiger partial charge in [-0.25, -0.2) is 4.98 Å². The first-order valence-corrected chi connectivity index (χ1v) is 9.30. The number of nitrogens with zero attached hydrogens (tertiary/aromatic N) is 2. The fourth-order valence-corrected chi connectivity index (χ4v) is 4.85. The van der Waals surface area contributed by atoms with Gasteiger partial charge in [-0.1, -0.05) is 36.4 Å². The highest BCUT2D eigenvalue weighted by Gasteiger charge is 2.10. The van der Waals surface area contributed by atoms with Crippen LogP contribution in [0.1, 0.15) is 0 Å². The van der Waals surface area contributed by atoms with Gasteiger partial charge >= 0.3 is 0 Å². The molecule has 0 amide bonds. The van der Waals surface area contributed by atoms with E-state index in [-0.39, 0.29) is 0 Å². The first-order valence-electron chi connectivity index (χ1n) is 7.67. The summed E-state index contributed by atoms with van der Waals surface area (Å²) in [5.41, 5.74) is 1.87. The molecule has 3 heterocycles. The molecular formula is C20H12N2S2. The summed E-state index contributed by atoms with van der Waals surface area (Å²) < 4.78 is 2.56. The molecule has 0 saturated carbocycles. The van der Waals surface area contributed by atoms with E-state index in [0.717, 1.165) is 21.1 Å². The summed E-state index contributed by atoms with van der Waals surface area (Å²) in [5.74, 6) is 0. The van der Waals surface area contributed by atoms with Crippen molar-refractivity contribution in [2.45, 2.75) is 0 Å². The largest absolute Gasteiger partial charge is 0.260 e. The van der Waals surface area contributed by atoms with Crippen molar-refractivity contribution in [1.29, 1.82) is 0 Å². The molecule has 5 rings (SSSR count). The molecule has 0 atom stereocenters. The van der Waals surface area contributed by atoms with E-state index in [2.05, 4.69) is 65.6 Å². The van der Waals surface area contributed by atoms with Crippen LogP contribution in [0.5, 0.6) is 0 Å². The van der Waals surface area contributed by atoms with E-state index in [1.165, 1.54) is 20.2 Å². The Balaban J connectivity index is 1.62. The van der Waals surface area contributed by atoms with Crippen LogP contribution in [0.15, 0.2) is 73.1 Å². The van der Waals surface area contributed by atoms with Crippen LogP contribution in [0.2, 0.25) is 0 Å². The second kappa shape index (κ2) is 5.51. The number of rotatable bonds is 2. The topological polar surface area (TPSA) is 25.8 Å². The first kappa shape index (κ1) is 13.8. The number of benzene rings is 2. The van der Waals surface area contributed by atoms with Crippen LogP contribution in [0, 0.1) is 0 Å². The molecule has 0 aliphatic carbocycles. The van der Waals surface area contributed by atoms with E-state index in [9.17, 15) is 0 Å². The minimum atomic E-state index is 0.936. The lowest BCUT2D eigenvalue weighted by Crippen LogP contribution is -1.86. The summed E-state index contributed by atoms with van der Waals surface area (Å²) in [4.78, 5) is 11.6. The number of aromatic nitrogens is 2. The van der Waals surface area contributed by atoms with Crippen LogP contribution in [0.25, 0.3) is 41.3 Å². The Hall–Kier alpha value is -2.56. The first-order chi connectivity index (χ1) is 11.9. The van der Waals surface area contributed by atoms with Gasteiger partial charge in [0.05, 0.1) is 33.5 Å². The van der Waals surface area contributed by atoms with Crippen LogP contribution in [0.4, 0.5) is 0 Å². The molecule has 5 aromatic rings. The molecular weight excluding hydrogens is 332 g/mol. The average molecular weight is 344 g/mol. The van der Waals surface area contributed by atoms with Crippen molar-refractivity contribution in [3.63, 3.8) is 0 Å². The molecule has 0 radical (unpaired) electrons. The molecule has 0 saturated heterocycles. The van der Waals surface area contributed by atoms with Gasteiger partial charge in [-0.15, -0.1) is 22.7 Å². The van der Waals surface area contributed by atoms with E-state index in [4.69, 9.17) is 4.98 Å². The number of thiophene rings is 2. The Bertz CT molecular complexity index is 1020. The summed E-state index contributed by atoms with van der Waals surface area (Å²) in [7, 11) is 0. The number of fused-ring (bicyclic) bond motifs is 2. The van der Waals surface area contributed by atoms with Gasteiger partial charge < -0.3 is 0 Å². The van der Waals surface area contributed by atoms with Gasteiger partial charge in [-0.3, -0.25) is 4.98 Å². The summed E-state index contributed by atoms with van der Waals surface area (Å²) in [6.07, 6.45) is 3.70. The third-order valence-corrected chi connectivity index (χ3v) is 6.27. The Morgan fingerprint density at radius 2 is 1.12 bits per heavy atom. The maximum Gasteiger partial charge on any atom is 0.0993 e. The van der Waals surface area contributed by atoms with Crippen LogP contribution < -0.4 is 0 Å². The van der Waals surface area contributed by atoms with Crippen molar-refractivity contribution in [1.82, 2.24) is 9.97 Å². The maximum atomic E-state index is 4.86. The van der Waals surface area contributed by atoms with Gasteiger partial charge in [0.2, 0.25) is 0 Å². The molecule has 2 aromatic carbocycles. The highest BCUT2D eigenvalue weighted by Crippen LogP contribution is 2.35. The molecule has 2 nitrogen and oxygen atoms in total. The predicted molar refractivity (Wildman–Crippen MR) is 104 cm³/mol. The Labute approximate surface area is 147 Å². The smallest absolute Gasteiger partial charge is 0.0993 e. The van der Waals surface area contributed by atoms with E-state index >= 15 is 0 Å². The Morgan fingerprint density at radius 3 is 1.62 bits per heavy atom. The Kier molecular flexibility index (Phi) is 3.18. The van der Waals surface area contributed by atoms with Crippen LogP contribution in [-0.2, 0) is 0 Å². The van der Waals surface area contributed by atoms with Crippen molar-refractivity contribution < 1.29 is 0 Å². The summed E-state index contributed by atoms with van der Waals surface area (Å²) in [6.45, 7) is 0. The van der Waals surface area contributed by atoms with Gasteiger partial charge in [-0.05, 0) is 35.0 Å². The molecule has 114 valence electrons. The van der Waals surface area contributed by atoms with Gasteiger partial charge in [-0.2, -0.15) is 0 Å². The van der Waals surface area contributed by atoms with Crippen molar-refractivity contribution in [2.75, 3.05) is 0 Å². The quantitative estimate of drug-likeness (QED) is 0.379. The zero-order chi connectivity index (χ0) is 15.9. The minimum absolute atomic E-state index is 0.936. The summed E-state index contributed by atoms with van der Waals surface area (Å²) in [5, 5.41) is 2.51. The van der Waals surface area contributed by atoms with Crippen LogP contribution in [0.3, 0.4) is 0 Å². The van der Waals surface area contributed by atoms with Crippen molar-refractivity contribution in [2.24, 2.45) is 0 Å². The van der Waals surface area contributed by atoms with E-state index in [1.807, 2.05) is 12.4 Å². The molecule has 24 heavy (non-hydrogen) atoms. The van der Waals surface area contributed by atoms with Gasteiger partial charge in [0, 0.05) is 9.40 Å². The lowest BCUT2D eigenvalue weighted by atomic mass is 10.2. The highest BCUT2D eigenvalue weighted by atomic mass is 32.1. The normalized spacial score (nSPS) is 11.3. The Morgan fingerprint density at radius 1 is 0.625 bits per heavy atom. The van der Waals surface area contributed by atoms with Gasteiger partial charge in [0.1, 0.15) is 0 Å². The van der Waals surface area contributed by atoms with Crippen LogP contribution in [-0.4, -0.2) is 9.97 Å². The predicted octanol–water partition coefficient (Wildman–Crippen LogP) is 6.24. The lowest BCUT2D eigenvalue weighted by Gasteiger charge is -1.99. The highest BCUT2D eigenvalue weighted by molar-refractivity contribution is 7.22. The summed E-state index contributed by atoms with van der Waals surface area (Å²) in [6, 6.07) is 21.2. The van der Waals surface area contributed by atoms with Gasteiger partial charge in [0.25, 0.3) is 0 Å². The molecule has 0 aliphatic rings. The van der Waals surface area contributed by atoms with Crippen molar-refractivity contribution in [3.05, 3.63) is 73.1 Å². The fraction of sp³-hybridized carbons (Fsp3) is 0. The molecule has 3 aromatic heterocycles. The molecule has 0 spiro atoms. The second-order valence-corrected chi connectivity index (χ2v) is 7.75. The molecule has 0 unspecified atom stereocenters. The number of hydrogen-bond donors (Lipinski definition) is 0. The van der Waals surface area contributed by atoms with E-state index in [1.54, 1.807) is 22.7 Å². The zero-order valence-corrected chi connectivity index (χ0v) is 14.3. The molecule has 4 heteroatoms. The monoisotopic (exact) mass is 344 g/mol. The lowest BCUT2D eigenvalue weighted by molar-refractivity contribution is 1.22. The molecule has 0 fully saturated rings.